The van der Waals surface area contributed by atoms with Crippen molar-refractivity contribution in [1.29, 1.82) is 0 Å². The van der Waals surface area contributed by atoms with E-state index in [-0.39, 0.29) is 0 Å². The lowest BCUT2D eigenvalue weighted by atomic mass is 9.85. The van der Waals surface area contributed by atoms with Crippen molar-refractivity contribution in [2.45, 2.75) is 71.6 Å². The Morgan fingerprint density at radius 3 is 2.81 bits per heavy atom. The molecular formula is C18H30N2O. The second-order valence-electron chi connectivity index (χ2n) is 6.10. The minimum absolute atomic E-state index is 0.437. The number of hydrogen-bond donors (Lipinski definition) is 1. The Bertz CT molecular complexity index is 408. The predicted molar refractivity (Wildman–Crippen MR) is 87.1 cm³/mol. The molecule has 3 nitrogen and oxygen atoms in total. The third-order valence-electron chi connectivity index (χ3n) is 4.41. The van der Waals surface area contributed by atoms with Crippen LogP contribution in [0.3, 0.4) is 0 Å². The standard InChI is InChI=1S/C18H30N2O/c1-3-12-19-13-16-9-7-10-17(20-16)14-21-18-11-6-5-8-15(18)4-2/h7,9-10,15,18-19H,3-6,8,11-14H2,1-2H3. The lowest BCUT2D eigenvalue weighted by Gasteiger charge is -2.30. The Hall–Kier alpha value is -0.930. The van der Waals surface area contributed by atoms with Gasteiger partial charge in [-0.3, -0.25) is 4.98 Å². The molecule has 1 aromatic heterocycles. The zero-order valence-corrected chi connectivity index (χ0v) is 13.6. The van der Waals surface area contributed by atoms with E-state index in [1.807, 2.05) is 0 Å². The van der Waals surface area contributed by atoms with Gasteiger partial charge in [-0.05, 0) is 43.9 Å². The van der Waals surface area contributed by atoms with Gasteiger partial charge in [0.15, 0.2) is 0 Å². The van der Waals surface area contributed by atoms with Crippen LogP contribution >= 0.6 is 0 Å². The minimum atomic E-state index is 0.437. The Balaban J connectivity index is 1.83. The third-order valence-corrected chi connectivity index (χ3v) is 4.41. The number of nitrogens with one attached hydrogen (secondary N) is 1. The van der Waals surface area contributed by atoms with Gasteiger partial charge < -0.3 is 10.1 Å². The van der Waals surface area contributed by atoms with Gasteiger partial charge in [0.1, 0.15) is 0 Å². The van der Waals surface area contributed by atoms with Crippen LogP contribution < -0.4 is 5.32 Å². The molecule has 1 fully saturated rings. The smallest absolute Gasteiger partial charge is 0.0891 e. The van der Waals surface area contributed by atoms with Crippen LogP contribution in [0.1, 0.15) is 63.8 Å². The number of hydrogen-bond acceptors (Lipinski definition) is 3. The molecule has 2 unspecified atom stereocenters. The molecule has 2 atom stereocenters. The van der Waals surface area contributed by atoms with E-state index in [0.717, 1.165) is 36.8 Å². The summed E-state index contributed by atoms with van der Waals surface area (Å²) in [5, 5.41) is 3.40. The first-order valence-electron chi connectivity index (χ1n) is 8.60. The van der Waals surface area contributed by atoms with Crippen molar-refractivity contribution in [3.63, 3.8) is 0 Å². The third kappa shape index (κ3) is 5.40. The van der Waals surface area contributed by atoms with Crippen LogP contribution in [0.25, 0.3) is 0 Å². The van der Waals surface area contributed by atoms with E-state index in [1.165, 1.54) is 32.1 Å². The van der Waals surface area contributed by atoms with Gasteiger partial charge in [0, 0.05) is 6.54 Å². The van der Waals surface area contributed by atoms with Gasteiger partial charge in [-0.25, -0.2) is 0 Å². The molecule has 0 spiro atoms. The van der Waals surface area contributed by atoms with Gasteiger partial charge in [0.05, 0.1) is 24.1 Å². The van der Waals surface area contributed by atoms with Gasteiger partial charge in [0.2, 0.25) is 0 Å². The molecule has 1 N–H and O–H groups in total. The molecule has 0 amide bonds. The van der Waals surface area contributed by atoms with Crippen molar-refractivity contribution >= 4 is 0 Å². The van der Waals surface area contributed by atoms with E-state index in [0.29, 0.717) is 12.7 Å². The summed E-state index contributed by atoms with van der Waals surface area (Å²) in [6, 6.07) is 6.25. The van der Waals surface area contributed by atoms with Crippen molar-refractivity contribution in [1.82, 2.24) is 10.3 Å². The summed E-state index contributed by atoms with van der Waals surface area (Å²) in [6.45, 7) is 7.01. The fourth-order valence-electron chi connectivity index (χ4n) is 3.15. The van der Waals surface area contributed by atoms with Crippen LogP contribution in [-0.2, 0) is 17.9 Å². The number of nitrogens with zero attached hydrogens (tertiary/aromatic N) is 1. The number of aromatic nitrogens is 1. The zero-order valence-electron chi connectivity index (χ0n) is 13.6. The van der Waals surface area contributed by atoms with E-state index < -0.39 is 0 Å². The zero-order chi connectivity index (χ0) is 14.9. The molecule has 3 heteroatoms. The Labute approximate surface area is 129 Å². The highest BCUT2D eigenvalue weighted by Gasteiger charge is 2.24. The lowest BCUT2D eigenvalue weighted by molar-refractivity contribution is -0.0235. The fraction of sp³-hybridized carbons (Fsp3) is 0.722. The van der Waals surface area contributed by atoms with Gasteiger partial charge in [-0.15, -0.1) is 0 Å². The Kier molecular flexibility index (Phi) is 7.17. The van der Waals surface area contributed by atoms with Crippen LogP contribution in [0.15, 0.2) is 18.2 Å². The summed E-state index contributed by atoms with van der Waals surface area (Å²) in [7, 11) is 0. The molecule has 1 aromatic rings. The summed E-state index contributed by atoms with van der Waals surface area (Å²) < 4.78 is 6.17. The van der Waals surface area contributed by atoms with E-state index in [4.69, 9.17) is 9.72 Å². The Morgan fingerprint density at radius 1 is 1.19 bits per heavy atom. The molecule has 1 aliphatic rings. The van der Waals surface area contributed by atoms with Crippen LogP contribution in [0.5, 0.6) is 0 Å². The summed E-state index contributed by atoms with van der Waals surface area (Å²) in [5.41, 5.74) is 2.17. The molecule has 0 radical (unpaired) electrons. The number of ether oxygens (including phenoxy) is 1. The normalized spacial score (nSPS) is 22.4. The second kappa shape index (κ2) is 9.16. The first kappa shape index (κ1) is 16.4. The second-order valence-corrected chi connectivity index (χ2v) is 6.10. The maximum absolute atomic E-state index is 6.17. The van der Waals surface area contributed by atoms with Crippen molar-refractivity contribution in [3.05, 3.63) is 29.6 Å². The first-order chi connectivity index (χ1) is 10.3. The molecule has 1 heterocycles. The monoisotopic (exact) mass is 290 g/mol. The summed E-state index contributed by atoms with van der Waals surface area (Å²) in [6.07, 6.45) is 8.06. The van der Waals surface area contributed by atoms with Crippen LogP contribution in [0.2, 0.25) is 0 Å². The minimum Gasteiger partial charge on any atom is -0.372 e. The molecule has 1 aliphatic carbocycles. The molecule has 2 rings (SSSR count). The SMILES string of the molecule is CCCNCc1cccc(COC2CCCCC2CC)n1. The van der Waals surface area contributed by atoms with E-state index >= 15 is 0 Å². The fourth-order valence-corrected chi connectivity index (χ4v) is 3.15. The topological polar surface area (TPSA) is 34.1 Å². The highest BCUT2D eigenvalue weighted by Crippen LogP contribution is 2.29. The van der Waals surface area contributed by atoms with E-state index in [2.05, 4.69) is 37.4 Å². The highest BCUT2D eigenvalue weighted by molar-refractivity contribution is 5.10. The summed E-state index contributed by atoms with van der Waals surface area (Å²) >= 11 is 0. The quantitative estimate of drug-likeness (QED) is 0.733. The van der Waals surface area contributed by atoms with Crippen molar-refractivity contribution < 1.29 is 4.74 Å². The highest BCUT2D eigenvalue weighted by atomic mass is 16.5. The largest absolute Gasteiger partial charge is 0.372 e. The van der Waals surface area contributed by atoms with Crippen molar-refractivity contribution in [3.8, 4) is 0 Å². The maximum atomic E-state index is 6.17. The molecule has 0 aromatic carbocycles. The van der Waals surface area contributed by atoms with Gasteiger partial charge >= 0.3 is 0 Å². The van der Waals surface area contributed by atoms with Crippen LogP contribution in [-0.4, -0.2) is 17.6 Å². The molecule has 118 valence electrons. The van der Waals surface area contributed by atoms with Gasteiger partial charge in [0.25, 0.3) is 0 Å². The van der Waals surface area contributed by atoms with E-state index in [9.17, 15) is 0 Å². The van der Waals surface area contributed by atoms with Gasteiger partial charge in [-0.2, -0.15) is 0 Å². The van der Waals surface area contributed by atoms with Gasteiger partial charge in [-0.1, -0.05) is 39.2 Å². The molecule has 0 saturated heterocycles. The van der Waals surface area contributed by atoms with Crippen LogP contribution in [0.4, 0.5) is 0 Å². The molecule has 0 bridgehead atoms. The molecular weight excluding hydrogens is 260 g/mol. The first-order valence-corrected chi connectivity index (χ1v) is 8.60. The van der Waals surface area contributed by atoms with Crippen molar-refractivity contribution in [2.75, 3.05) is 6.54 Å². The molecule has 21 heavy (non-hydrogen) atoms. The predicted octanol–water partition coefficient (Wildman–Crippen LogP) is 4.07. The summed E-state index contributed by atoms with van der Waals surface area (Å²) in [4.78, 5) is 4.69. The average molecular weight is 290 g/mol. The number of rotatable bonds is 8. The molecule has 0 aliphatic heterocycles. The average Bonchev–Trinajstić information content (AvgIpc) is 2.54. The lowest BCUT2D eigenvalue weighted by Crippen LogP contribution is -2.27. The van der Waals surface area contributed by atoms with Crippen LogP contribution in [0, 0.1) is 5.92 Å². The summed E-state index contributed by atoms with van der Waals surface area (Å²) in [5.74, 6) is 0.744. The van der Waals surface area contributed by atoms with E-state index in [1.54, 1.807) is 0 Å². The van der Waals surface area contributed by atoms with Crippen molar-refractivity contribution in [2.24, 2.45) is 5.92 Å². The Morgan fingerprint density at radius 2 is 2.00 bits per heavy atom. The maximum Gasteiger partial charge on any atom is 0.0891 e. The number of pyridine rings is 1. The molecule has 1 saturated carbocycles.